The summed E-state index contributed by atoms with van der Waals surface area (Å²) in [5.41, 5.74) is 1.27. The first-order valence-electron chi connectivity index (χ1n) is 6.70. The van der Waals surface area contributed by atoms with E-state index in [-0.39, 0.29) is 5.82 Å². The molecule has 1 aliphatic rings. The molecule has 2 nitrogen and oxygen atoms in total. The van der Waals surface area contributed by atoms with E-state index in [9.17, 15) is 4.39 Å². The lowest BCUT2D eigenvalue weighted by atomic mass is 10.1. The summed E-state index contributed by atoms with van der Waals surface area (Å²) >= 11 is 1.75. The van der Waals surface area contributed by atoms with Crippen molar-refractivity contribution in [2.45, 2.75) is 32.0 Å². The molecule has 1 saturated carbocycles. The minimum atomic E-state index is -0.328. The summed E-state index contributed by atoms with van der Waals surface area (Å²) in [5, 5.41) is 11.0. The van der Waals surface area contributed by atoms with Crippen LogP contribution in [0.5, 0.6) is 0 Å². The van der Waals surface area contributed by atoms with Crippen LogP contribution >= 0.6 is 11.3 Å². The van der Waals surface area contributed by atoms with Crippen LogP contribution in [-0.4, -0.2) is 10.9 Å². The third-order valence-electron chi connectivity index (χ3n) is 3.47. The fraction of sp³-hybridized carbons (Fsp3) is 0.312. The lowest BCUT2D eigenvalue weighted by Gasteiger charge is -2.21. The summed E-state index contributed by atoms with van der Waals surface area (Å²) in [7, 11) is 0. The van der Waals surface area contributed by atoms with Crippen LogP contribution < -0.4 is 0 Å². The normalized spacial score (nSPS) is 14.4. The van der Waals surface area contributed by atoms with Crippen molar-refractivity contribution in [2.24, 2.45) is 0 Å². The molecule has 4 heteroatoms. The van der Waals surface area contributed by atoms with Gasteiger partial charge in [0.1, 0.15) is 5.82 Å². The maximum atomic E-state index is 13.5. The second-order valence-electron chi connectivity index (χ2n) is 5.18. The third-order valence-corrected chi connectivity index (χ3v) is 4.34. The Labute approximate surface area is 122 Å². The zero-order valence-corrected chi connectivity index (χ0v) is 11.9. The second-order valence-corrected chi connectivity index (χ2v) is 6.21. The highest BCUT2D eigenvalue weighted by molar-refractivity contribution is 7.09. The maximum absolute atomic E-state index is 13.5. The standard InChI is InChI=1S/C16H15FN2S/c17-14-7-12(9-18)6-13(8-14)10-19(15-3-4-15)11-16-2-1-5-20-16/h1-2,5-8,15H,3-4,10-11H2. The van der Waals surface area contributed by atoms with Gasteiger partial charge >= 0.3 is 0 Å². The monoisotopic (exact) mass is 286 g/mol. The van der Waals surface area contributed by atoms with Crippen LogP contribution in [0.15, 0.2) is 35.7 Å². The van der Waals surface area contributed by atoms with Crippen molar-refractivity contribution in [1.82, 2.24) is 4.90 Å². The number of nitrogens with zero attached hydrogens (tertiary/aromatic N) is 2. The summed E-state index contributed by atoms with van der Waals surface area (Å²) < 4.78 is 13.5. The Bertz CT molecular complexity index is 626. The molecule has 0 spiro atoms. The number of rotatable bonds is 5. The Kier molecular flexibility index (Phi) is 3.81. The van der Waals surface area contributed by atoms with Gasteiger partial charge in [0, 0.05) is 24.0 Å². The molecular formula is C16H15FN2S. The fourth-order valence-corrected chi connectivity index (χ4v) is 3.13. The van der Waals surface area contributed by atoms with Crippen LogP contribution in [0.3, 0.4) is 0 Å². The number of hydrogen-bond donors (Lipinski definition) is 0. The number of hydrogen-bond acceptors (Lipinski definition) is 3. The van der Waals surface area contributed by atoms with E-state index in [1.165, 1.54) is 29.9 Å². The van der Waals surface area contributed by atoms with Crippen molar-refractivity contribution in [1.29, 1.82) is 5.26 Å². The van der Waals surface area contributed by atoms with E-state index in [0.717, 1.165) is 12.1 Å². The fourth-order valence-electron chi connectivity index (χ4n) is 2.40. The number of thiophene rings is 1. The van der Waals surface area contributed by atoms with Crippen LogP contribution in [-0.2, 0) is 13.1 Å². The van der Waals surface area contributed by atoms with Gasteiger partial charge in [0.25, 0.3) is 0 Å². The van der Waals surface area contributed by atoms with E-state index >= 15 is 0 Å². The predicted octanol–water partition coefficient (Wildman–Crippen LogP) is 3.92. The molecule has 1 heterocycles. The zero-order chi connectivity index (χ0) is 13.9. The average Bonchev–Trinajstić information content (AvgIpc) is 3.16. The van der Waals surface area contributed by atoms with Gasteiger partial charge < -0.3 is 0 Å². The van der Waals surface area contributed by atoms with E-state index in [0.29, 0.717) is 18.2 Å². The van der Waals surface area contributed by atoms with Gasteiger partial charge in [0.15, 0.2) is 0 Å². The molecule has 0 amide bonds. The van der Waals surface area contributed by atoms with E-state index in [1.54, 1.807) is 17.4 Å². The van der Waals surface area contributed by atoms with Gasteiger partial charge in [0.2, 0.25) is 0 Å². The summed E-state index contributed by atoms with van der Waals surface area (Å²) in [6, 6.07) is 11.4. The minimum Gasteiger partial charge on any atom is -0.291 e. The lowest BCUT2D eigenvalue weighted by molar-refractivity contribution is 0.247. The van der Waals surface area contributed by atoms with Gasteiger partial charge in [-0.3, -0.25) is 4.90 Å². The molecule has 1 aromatic heterocycles. The zero-order valence-electron chi connectivity index (χ0n) is 11.1. The maximum Gasteiger partial charge on any atom is 0.124 e. The van der Waals surface area contributed by atoms with Crippen molar-refractivity contribution in [3.05, 3.63) is 57.5 Å². The summed E-state index contributed by atoms with van der Waals surface area (Å²) in [4.78, 5) is 3.70. The third kappa shape index (κ3) is 3.24. The highest BCUT2D eigenvalue weighted by Gasteiger charge is 2.29. The Morgan fingerprint density at radius 1 is 1.30 bits per heavy atom. The first-order valence-corrected chi connectivity index (χ1v) is 7.58. The lowest BCUT2D eigenvalue weighted by Crippen LogP contribution is -2.24. The van der Waals surface area contributed by atoms with Crippen molar-refractivity contribution >= 4 is 11.3 Å². The topological polar surface area (TPSA) is 27.0 Å². The van der Waals surface area contributed by atoms with Crippen LogP contribution in [0, 0.1) is 17.1 Å². The molecule has 1 aliphatic carbocycles. The SMILES string of the molecule is N#Cc1cc(F)cc(CN(Cc2cccs2)C2CC2)c1. The van der Waals surface area contributed by atoms with Crippen molar-refractivity contribution in [2.75, 3.05) is 0 Å². The number of nitriles is 1. The molecular weight excluding hydrogens is 271 g/mol. The molecule has 2 aromatic rings. The van der Waals surface area contributed by atoms with Crippen LogP contribution in [0.1, 0.15) is 28.8 Å². The van der Waals surface area contributed by atoms with E-state index in [1.807, 2.05) is 6.07 Å². The quantitative estimate of drug-likeness (QED) is 0.833. The molecule has 0 saturated heterocycles. The summed E-state index contributed by atoms with van der Waals surface area (Å²) in [6.07, 6.45) is 2.43. The molecule has 0 bridgehead atoms. The van der Waals surface area contributed by atoms with Crippen LogP contribution in [0.25, 0.3) is 0 Å². The molecule has 0 N–H and O–H groups in total. The second kappa shape index (κ2) is 5.74. The van der Waals surface area contributed by atoms with Crippen LogP contribution in [0.4, 0.5) is 4.39 Å². The number of halogens is 1. The van der Waals surface area contributed by atoms with Gasteiger partial charge in [0.05, 0.1) is 11.6 Å². The van der Waals surface area contributed by atoms with Crippen molar-refractivity contribution in [3.63, 3.8) is 0 Å². The van der Waals surface area contributed by atoms with Crippen molar-refractivity contribution < 1.29 is 4.39 Å². The first-order chi connectivity index (χ1) is 9.74. The van der Waals surface area contributed by atoms with Gasteiger partial charge in [-0.05, 0) is 48.1 Å². The molecule has 0 aliphatic heterocycles. The summed E-state index contributed by atoms with van der Waals surface area (Å²) in [6.45, 7) is 1.61. The number of benzene rings is 1. The van der Waals surface area contributed by atoms with Gasteiger partial charge in [-0.2, -0.15) is 5.26 Å². The molecule has 1 aromatic carbocycles. The van der Waals surface area contributed by atoms with E-state index in [4.69, 9.17) is 5.26 Å². The molecule has 0 radical (unpaired) electrons. The van der Waals surface area contributed by atoms with E-state index < -0.39 is 0 Å². The predicted molar refractivity (Wildman–Crippen MR) is 77.7 cm³/mol. The van der Waals surface area contributed by atoms with Crippen LogP contribution in [0.2, 0.25) is 0 Å². The Balaban J connectivity index is 1.76. The summed E-state index contributed by atoms with van der Waals surface area (Å²) in [5.74, 6) is -0.328. The average molecular weight is 286 g/mol. The first kappa shape index (κ1) is 13.3. The Morgan fingerprint density at radius 3 is 2.80 bits per heavy atom. The van der Waals surface area contributed by atoms with Crippen molar-refractivity contribution in [3.8, 4) is 6.07 Å². The van der Waals surface area contributed by atoms with Gasteiger partial charge in [-0.15, -0.1) is 11.3 Å². The smallest absolute Gasteiger partial charge is 0.124 e. The highest BCUT2D eigenvalue weighted by atomic mass is 32.1. The molecule has 1 fully saturated rings. The molecule has 20 heavy (non-hydrogen) atoms. The highest BCUT2D eigenvalue weighted by Crippen LogP contribution is 2.30. The molecule has 0 atom stereocenters. The Hall–Kier alpha value is -1.70. The molecule has 0 unspecified atom stereocenters. The minimum absolute atomic E-state index is 0.328. The largest absolute Gasteiger partial charge is 0.291 e. The van der Waals surface area contributed by atoms with E-state index in [2.05, 4.69) is 22.4 Å². The van der Waals surface area contributed by atoms with Gasteiger partial charge in [-0.25, -0.2) is 4.39 Å². The molecule has 102 valence electrons. The molecule has 3 rings (SSSR count). The Morgan fingerprint density at radius 2 is 2.15 bits per heavy atom. The van der Waals surface area contributed by atoms with Gasteiger partial charge in [-0.1, -0.05) is 6.07 Å².